The molecular weight excluding hydrogens is 216 g/mol. The van der Waals surface area contributed by atoms with Crippen LogP contribution in [0.3, 0.4) is 0 Å². The van der Waals surface area contributed by atoms with E-state index in [9.17, 15) is 10.2 Å². The van der Waals surface area contributed by atoms with E-state index < -0.39 is 6.10 Å². The lowest BCUT2D eigenvalue weighted by Gasteiger charge is -2.35. The first-order chi connectivity index (χ1) is 8.22. The number of aliphatic hydroxyl groups is 2. The predicted octanol–water partition coefficient (Wildman–Crippen LogP) is 1.49. The van der Waals surface area contributed by atoms with E-state index >= 15 is 0 Å². The maximum Gasteiger partial charge on any atom is 0.128 e. The molecule has 0 aliphatic carbocycles. The van der Waals surface area contributed by atoms with E-state index in [-0.39, 0.29) is 12.6 Å². The van der Waals surface area contributed by atoms with Gasteiger partial charge in [0.05, 0.1) is 18.8 Å². The Balaban J connectivity index is 2.15. The molecule has 0 amide bonds. The molecule has 4 nitrogen and oxygen atoms in total. The van der Waals surface area contributed by atoms with Gasteiger partial charge in [-0.2, -0.15) is 0 Å². The average Bonchev–Trinajstić information content (AvgIpc) is 2.39. The Hall–Kier alpha value is -1.13. The largest absolute Gasteiger partial charge is 0.394 e. The van der Waals surface area contributed by atoms with Crippen molar-refractivity contribution in [1.82, 2.24) is 4.98 Å². The van der Waals surface area contributed by atoms with Crippen molar-refractivity contribution in [2.75, 3.05) is 18.1 Å². The van der Waals surface area contributed by atoms with Crippen LogP contribution >= 0.6 is 0 Å². The summed E-state index contributed by atoms with van der Waals surface area (Å²) >= 11 is 0. The van der Waals surface area contributed by atoms with E-state index in [1.807, 2.05) is 12.1 Å². The van der Waals surface area contributed by atoms with Crippen molar-refractivity contribution in [3.05, 3.63) is 23.9 Å². The summed E-state index contributed by atoms with van der Waals surface area (Å²) in [4.78, 5) is 6.54. The summed E-state index contributed by atoms with van der Waals surface area (Å²) < 4.78 is 0. The fourth-order valence-corrected chi connectivity index (χ4v) is 2.31. The van der Waals surface area contributed by atoms with Gasteiger partial charge in [-0.25, -0.2) is 4.98 Å². The molecule has 1 saturated heterocycles. The fraction of sp³-hybridized carbons (Fsp3) is 0.615. The molecule has 0 saturated carbocycles. The van der Waals surface area contributed by atoms with Crippen molar-refractivity contribution in [3.8, 4) is 0 Å². The van der Waals surface area contributed by atoms with Crippen LogP contribution < -0.4 is 4.90 Å². The van der Waals surface area contributed by atoms with Crippen LogP contribution in [-0.2, 0) is 0 Å². The minimum Gasteiger partial charge on any atom is -0.394 e. The minimum absolute atomic E-state index is 0.180. The summed E-state index contributed by atoms with van der Waals surface area (Å²) in [5, 5.41) is 18.8. The zero-order valence-electron chi connectivity index (χ0n) is 10.2. The molecule has 2 heterocycles. The molecule has 1 aromatic heterocycles. The van der Waals surface area contributed by atoms with Gasteiger partial charge < -0.3 is 15.1 Å². The molecule has 0 spiro atoms. The van der Waals surface area contributed by atoms with Crippen LogP contribution in [0, 0.1) is 0 Å². The van der Waals surface area contributed by atoms with Crippen LogP contribution in [0.4, 0.5) is 5.82 Å². The molecule has 17 heavy (non-hydrogen) atoms. The van der Waals surface area contributed by atoms with Gasteiger partial charge in [-0.3, -0.25) is 0 Å². The summed E-state index contributed by atoms with van der Waals surface area (Å²) in [6, 6.07) is 4.01. The number of hydrogen-bond donors (Lipinski definition) is 2. The van der Waals surface area contributed by atoms with Crippen LogP contribution in [0.15, 0.2) is 18.3 Å². The van der Waals surface area contributed by atoms with Gasteiger partial charge in [-0.05, 0) is 37.8 Å². The quantitative estimate of drug-likeness (QED) is 0.834. The number of anilines is 1. The van der Waals surface area contributed by atoms with Gasteiger partial charge in [0.1, 0.15) is 5.82 Å². The third-order valence-electron chi connectivity index (χ3n) is 3.39. The Bertz CT molecular complexity index is 351. The van der Waals surface area contributed by atoms with Gasteiger partial charge in [0.25, 0.3) is 0 Å². The Morgan fingerprint density at radius 1 is 1.47 bits per heavy atom. The molecule has 2 atom stereocenters. The Labute approximate surface area is 102 Å². The standard InChI is InChI=1S/C13H20N2O2/c1-10(17)11-5-6-13(14-8-11)15-7-3-2-4-12(15)9-16/h5-6,8,10,12,16-17H,2-4,7,9H2,1H3. The smallest absolute Gasteiger partial charge is 0.128 e. The number of rotatable bonds is 3. The third kappa shape index (κ3) is 2.76. The van der Waals surface area contributed by atoms with Crippen LogP contribution in [-0.4, -0.2) is 34.4 Å². The van der Waals surface area contributed by atoms with E-state index in [0.29, 0.717) is 0 Å². The second kappa shape index (κ2) is 5.47. The Morgan fingerprint density at radius 2 is 2.29 bits per heavy atom. The fourth-order valence-electron chi connectivity index (χ4n) is 2.31. The molecule has 0 radical (unpaired) electrons. The molecule has 1 aliphatic rings. The number of aliphatic hydroxyl groups excluding tert-OH is 2. The number of nitrogens with zero attached hydrogens (tertiary/aromatic N) is 2. The summed E-state index contributed by atoms with van der Waals surface area (Å²) in [7, 11) is 0. The summed E-state index contributed by atoms with van der Waals surface area (Å²) in [6.45, 7) is 2.86. The number of aromatic nitrogens is 1. The first-order valence-electron chi connectivity index (χ1n) is 6.24. The predicted molar refractivity (Wildman–Crippen MR) is 66.9 cm³/mol. The lowest BCUT2D eigenvalue weighted by atomic mass is 10.0. The second-order valence-corrected chi connectivity index (χ2v) is 4.65. The number of pyridine rings is 1. The molecule has 2 unspecified atom stereocenters. The Kier molecular flexibility index (Phi) is 3.97. The van der Waals surface area contributed by atoms with Gasteiger partial charge in [-0.15, -0.1) is 0 Å². The maximum absolute atomic E-state index is 9.43. The summed E-state index contributed by atoms with van der Waals surface area (Å²) in [5.74, 6) is 0.896. The first kappa shape index (κ1) is 12.3. The van der Waals surface area contributed by atoms with Gasteiger partial charge in [-0.1, -0.05) is 6.07 Å². The molecule has 1 fully saturated rings. The maximum atomic E-state index is 9.43. The van der Waals surface area contributed by atoms with E-state index in [4.69, 9.17) is 0 Å². The van der Waals surface area contributed by atoms with Gasteiger partial charge >= 0.3 is 0 Å². The molecular formula is C13H20N2O2. The van der Waals surface area contributed by atoms with E-state index in [1.54, 1.807) is 13.1 Å². The van der Waals surface area contributed by atoms with Crippen molar-refractivity contribution in [2.24, 2.45) is 0 Å². The third-order valence-corrected chi connectivity index (χ3v) is 3.39. The highest BCUT2D eigenvalue weighted by Gasteiger charge is 2.22. The van der Waals surface area contributed by atoms with Crippen molar-refractivity contribution >= 4 is 5.82 Å². The molecule has 2 N–H and O–H groups in total. The summed E-state index contributed by atoms with van der Waals surface area (Å²) in [6.07, 6.45) is 4.58. The van der Waals surface area contributed by atoms with E-state index in [2.05, 4.69) is 9.88 Å². The van der Waals surface area contributed by atoms with Crippen LogP contribution in [0.25, 0.3) is 0 Å². The normalized spacial score (nSPS) is 22.5. The van der Waals surface area contributed by atoms with E-state index in [1.165, 1.54) is 6.42 Å². The Morgan fingerprint density at radius 3 is 2.88 bits per heavy atom. The molecule has 4 heteroatoms. The molecule has 0 bridgehead atoms. The second-order valence-electron chi connectivity index (χ2n) is 4.65. The molecule has 1 aliphatic heterocycles. The molecule has 94 valence electrons. The molecule has 2 rings (SSSR count). The van der Waals surface area contributed by atoms with Crippen molar-refractivity contribution in [1.29, 1.82) is 0 Å². The SMILES string of the molecule is CC(O)c1ccc(N2CCCCC2CO)nc1. The van der Waals surface area contributed by atoms with E-state index in [0.717, 1.165) is 30.8 Å². The zero-order chi connectivity index (χ0) is 12.3. The van der Waals surface area contributed by atoms with Crippen molar-refractivity contribution < 1.29 is 10.2 Å². The topological polar surface area (TPSA) is 56.6 Å². The van der Waals surface area contributed by atoms with Crippen LogP contribution in [0.1, 0.15) is 37.9 Å². The highest BCUT2D eigenvalue weighted by Crippen LogP contribution is 2.23. The molecule has 0 aromatic carbocycles. The van der Waals surface area contributed by atoms with Gasteiger partial charge in [0.15, 0.2) is 0 Å². The lowest BCUT2D eigenvalue weighted by Crippen LogP contribution is -2.42. The number of piperidine rings is 1. The number of hydrogen-bond acceptors (Lipinski definition) is 4. The molecule has 1 aromatic rings. The average molecular weight is 236 g/mol. The highest BCUT2D eigenvalue weighted by molar-refractivity contribution is 5.41. The van der Waals surface area contributed by atoms with Gasteiger partial charge in [0, 0.05) is 12.7 Å². The van der Waals surface area contributed by atoms with Crippen molar-refractivity contribution in [2.45, 2.75) is 38.3 Å². The minimum atomic E-state index is -0.480. The monoisotopic (exact) mass is 236 g/mol. The van der Waals surface area contributed by atoms with Crippen LogP contribution in [0.2, 0.25) is 0 Å². The van der Waals surface area contributed by atoms with Gasteiger partial charge in [0.2, 0.25) is 0 Å². The summed E-state index contributed by atoms with van der Waals surface area (Å²) in [5.41, 5.74) is 0.825. The highest BCUT2D eigenvalue weighted by atomic mass is 16.3. The lowest BCUT2D eigenvalue weighted by molar-refractivity contribution is 0.199. The van der Waals surface area contributed by atoms with Crippen molar-refractivity contribution in [3.63, 3.8) is 0 Å². The zero-order valence-corrected chi connectivity index (χ0v) is 10.2. The first-order valence-corrected chi connectivity index (χ1v) is 6.24. The van der Waals surface area contributed by atoms with Crippen LogP contribution in [0.5, 0.6) is 0 Å².